The van der Waals surface area contributed by atoms with E-state index in [9.17, 15) is 9.59 Å². The first-order valence-electron chi connectivity index (χ1n) is 5.46. The summed E-state index contributed by atoms with van der Waals surface area (Å²) < 4.78 is 4.78. The molecule has 1 aromatic rings. The van der Waals surface area contributed by atoms with Crippen molar-refractivity contribution in [3.05, 3.63) is 11.1 Å². The summed E-state index contributed by atoms with van der Waals surface area (Å²) in [5.74, 6) is -0.714. The van der Waals surface area contributed by atoms with Crippen LogP contribution in [-0.2, 0) is 9.53 Å². The Morgan fingerprint density at radius 1 is 1.61 bits per heavy atom. The summed E-state index contributed by atoms with van der Waals surface area (Å²) in [6.07, 6.45) is 1.12. The predicted octanol–water partition coefficient (Wildman–Crippen LogP) is 1.95. The van der Waals surface area contributed by atoms with Gasteiger partial charge in [0.2, 0.25) is 5.91 Å². The van der Waals surface area contributed by atoms with Crippen molar-refractivity contribution in [1.29, 1.82) is 5.26 Å². The standard InChI is InChI=1S/C11H13N3O3S/c1-2-17-10(16)8-7-18-11(13-8)14-9(15)5-3-4-6-12/h7H,2-5H2,1H3,(H,13,14,15). The molecule has 0 bridgehead atoms. The number of aromatic nitrogens is 1. The molecule has 0 aliphatic carbocycles. The van der Waals surface area contributed by atoms with Crippen molar-refractivity contribution >= 4 is 28.3 Å². The molecule has 1 heterocycles. The van der Waals surface area contributed by atoms with Crippen molar-refractivity contribution in [3.63, 3.8) is 0 Å². The quantitative estimate of drug-likeness (QED) is 0.628. The number of unbranched alkanes of at least 4 members (excludes halogenated alkanes) is 1. The second kappa shape index (κ2) is 7.40. The van der Waals surface area contributed by atoms with Gasteiger partial charge in [0.1, 0.15) is 0 Å². The van der Waals surface area contributed by atoms with Crippen LogP contribution in [0.4, 0.5) is 5.13 Å². The van der Waals surface area contributed by atoms with E-state index in [1.807, 2.05) is 6.07 Å². The largest absolute Gasteiger partial charge is 0.461 e. The van der Waals surface area contributed by atoms with Gasteiger partial charge in [0.15, 0.2) is 10.8 Å². The highest BCUT2D eigenvalue weighted by atomic mass is 32.1. The van der Waals surface area contributed by atoms with E-state index >= 15 is 0 Å². The number of anilines is 1. The lowest BCUT2D eigenvalue weighted by atomic mass is 10.2. The number of thiazole rings is 1. The molecule has 0 fully saturated rings. The number of ether oxygens (including phenoxy) is 1. The number of rotatable bonds is 6. The lowest BCUT2D eigenvalue weighted by molar-refractivity contribution is -0.116. The predicted molar refractivity (Wildman–Crippen MR) is 66.2 cm³/mol. The maximum absolute atomic E-state index is 11.4. The van der Waals surface area contributed by atoms with Gasteiger partial charge in [-0.1, -0.05) is 0 Å². The third-order valence-electron chi connectivity index (χ3n) is 1.93. The molecule has 1 aromatic heterocycles. The summed E-state index contributed by atoms with van der Waals surface area (Å²) in [6.45, 7) is 1.99. The van der Waals surface area contributed by atoms with E-state index in [4.69, 9.17) is 10.00 Å². The van der Waals surface area contributed by atoms with E-state index in [0.717, 1.165) is 11.3 Å². The van der Waals surface area contributed by atoms with Gasteiger partial charge in [-0.3, -0.25) is 4.79 Å². The summed E-state index contributed by atoms with van der Waals surface area (Å²) in [5.41, 5.74) is 0.189. The Bertz CT molecular complexity index is 464. The average Bonchev–Trinajstić information content (AvgIpc) is 2.78. The van der Waals surface area contributed by atoms with E-state index in [0.29, 0.717) is 18.0 Å². The van der Waals surface area contributed by atoms with Crippen LogP contribution in [0.3, 0.4) is 0 Å². The van der Waals surface area contributed by atoms with Crippen LogP contribution in [0.15, 0.2) is 5.38 Å². The maximum Gasteiger partial charge on any atom is 0.357 e. The summed E-state index contributed by atoms with van der Waals surface area (Å²) >= 11 is 1.16. The molecule has 1 N–H and O–H groups in total. The average molecular weight is 267 g/mol. The van der Waals surface area contributed by atoms with E-state index in [2.05, 4.69) is 10.3 Å². The summed E-state index contributed by atoms with van der Waals surface area (Å²) in [7, 11) is 0. The number of nitriles is 1. The van der Waals surface area contributed by atoms with Gasteiger partial charge in [-0.15, -0.1) is 11.3 Å². The van der Waals surface area contributed by atoms with E-state index < -0.39 is 5.97 Å². The van der Waals surface area contributed by atoms with Crippen LogP contribution in [0, 0.1) is 11.3 Å². The molecule has 0 atom stereocenters. The van der Waals surface area contributed by atoms with Crippen LogP contribution in [0.25, 0.3) is 0 Å². The number of nitrogens with zero attached hydrogens (tertiary/aromatic N) is 2. The Labute approximate surface area is 109 Å². The molecule has 7 heteroatoms. The fourth-order valence-corrected chi connectivity index (χ4v) is 1.84. The molecule has 18 heavy (non-hydrogen) atoms. The van der Waals surface area contributed by atoms with Crippen molar-refractivity contribution in [2.24, 2.45) is 0 Å². The lowest BCUT2D eigenvalue weighted by Gasteiger charge is -1.99. The molecule has 6 nitrogen and oxygen atoms in total. The second-order valence-electron chi connectivity index (χ2n) is 3.32. The summed E-state index contributed by atoms with van der Waals surface area (Å²) in [4.78, 5) is 26.7. The molecule has 0 radical (unpaired) electrons. The van der Waals surface area contributed by atoms with Gasteiger partial charge in [-0.05, 0) is 13.3 Å². The molecule has 0 saturated carbocycles. The Balaban J connectivity index is 2.46. The van der Waals surface area contributed by atoms with Gasteiger partial charge in [-0.2, -0.15) is 5.26 Å². The van der Waals surface area contributed by atoms with Gasteiger partial charge in [0.25, 0.3) is 0 Å². The highest BCUT2D eigenvalue weighted by Gasteiger charge is 2.12. The van der Waals surface area contributed by atoms with Crippen LogP contribution in [-0.4, -0.2) is 23.5 Å². The highest BCUT2D eigenvalue weighted by Crippen LogP contribution is 2.16. The number of carbonyl (C=O) groups excluding carboxylic acids is 2. The first kappa shape index (κ1) is 14.1. The fraction of sp³-hybridized carbons (Fsp3) is 0.455. The molecule has 96 valence electrons. The van der Waals surface area contributed by atoms with Gasteiger partial charge in [-0.25, -0.2) is 9.78 Å². The Kier molecular flexibility index (Phi) is 5.80. The number of esters is 1. The van der Waals surface area contributed by atoms with Crippen LogP contribution in [0.2, 0.25) is 0 Å². The van der Waals surface area contributed by atoms with Crippen molar-refractivity contribution < 1.29 is 14.3 Å². The molecule has 1 amide bonds. The van der Waals surface area contributed by atoms with Crippen LogP contribution in [0.1, 0.15) is 36.7 Å². The van der Waals surface area contributed by atoms with Gasteiger partial charge < -0.3 is 10.1 Å². The zero-order chi connectivity index (χ0) is 13.4. The molecule has 0 spiro atoms. The van der Waals surface area contributed by atoms with Crippen LogP contribution >= 0.6 is 11.3 Å². The van der Waals surface area contributed by atoms with Crippen LogP contribution in [0.5, 0.6) is 0 Å². The maximum atomic E-state index is 11.4. The van der Waals surface area contributed by atoms with E-state index in [-0.39, 0.29) is 24.6 Å². The normalized spacial score (nSPS) is 9.56. The summed E-state index contributed by atoms with van der Waals surface area (Å²) in [5, 5.41) is 12.8. The van der Waals surface area contributed by atoms with Gasteiger partial charge in [0, 0.05) is 18.2 Å². The molecule has 0 saturated heterocycles. The van der Waals surface area contributed by atoms with Crippen molar-refractivity contribution in [2.75, 3.05) is 11.9 Å². The topological polar surface area (TPSA) is 92.1 Å². The lowest BCUT2D eigenvalue weighted by Crippen LogP contribution is -2.11. The molecular formula is C11H13N3O3S. The van der Waals surface area contributed by atoms with E-state index in [1.165, 1.54) is 5.38 Å². The van der Waals surface area contributed by atoms with Crippen molar-refractivity contribution in [2.45, 2.75) is 26.2 Å². The number of hydrogen-bond acceptors (Lipinski definition) is 6. The third kappa shape index (κ3) is 4.51. The number of nitrogens with one attached hydrogen (secondary N) is 1. The smallest absolute Gasteiger partial charge is 0.357 e. The fourth-order valence-electron chi connectivity index (χ4n) is 1.14. The molecule has 0 aliphatic rings. The molecule has 0 unspecified atom stereocenters. The van der Waals surface area contributed by atoms with Gasteiger partial charge >= 0.3 is 5.97 Å². The minimum atomic E-state index is -0.501. The molecule has 0 aromatic carbocycles. The Morgan fingerprint density at radius 2 is 2.39 bits per heavy atom. The van der Waals surface area contributed by atoms with E-state index in [1.54, 1.807) is 6.92 Å². The minimum absolute atomic E-state index is 0.189. The SMILES string of the molecule is CCOC(=O)c1csc(NC(=O)CCCC#N)n1. The van der Waals surface area contributed by atoms with Crippen molar-refractivity contribution in [1.82, 2.24) is 4.98 Å². The monoisotopic (exact) mass is 267 g/mol. The van der Waals surface area contributed by atoms with Gasteiger partial charge in [0.05, 0.1) is 12.7 Å². The number of carbonyl (C=O) groups is 2. The van der Waals surface area contributed by atoms with Crippen LogP contribution < -0.4 is 5.32 Å². The minimum Gasteiger partial charge on any atom is -0.461 e. The first-order valence-corrected chi connectivity index (χ1v) is 6.34. The zero-order valence-electron chi connectivity index (χ0n) is 9.93. The third-order valence-corrected chi connectivity index (χ3v) is 2.69. The number of hydrogen-bond donors (Lipinski definition) is 1. The number of amides is 1. The molecule has 0 aliphatic heterocycles. The first-order chi connectivity index (χ1) is 8.67. The van der Waals surface area contributed by atoms with Crippen molar-refractivity contribution in [3.8, 4) is 6.07 Å². The Hall–Kier alpha value is -1.94. The molecular weight excluding hydrogens is 254 g/mol. The Morgan fingerprint density at radius 3 is 3.06 bits per heavy atom. The second-order valence-corrected chi connectivity index (χ2v) is 4.18. The highest BCUT2D eigenvalue weighted by molar-refractivity contribution is 7.14. The summed E-state index contributed by atoms with van der Waals surface area (Å²) in [6, 6.07) is 1.97. The molecule has 1 rings (SSSR count). The zero-order valence-corrected chi connectivity index (χ0v) is 10.7.